The summed E-state index contributed by atoms with van der Waals surface area (Å²) in [6.45, 7) is 2.09. The number of carbonyl (C=O) groups excluding carboxylic acids is 1. The second-order valence-electron chi connectivity index (χ2n) is 5.69. The fraction of sp³-hybridized carbons (Fsp3) is 0.533. The molecule has 1 N–H and O–H groups in total. The van der Waals surface area contributed by atoms with Crippen molar-refractivity contribution in [2.24, 2.45) is 0 Å². The fourth-order valence-corrected chi connectivity index (χ4v) is 4.66. The van der Waals surface area contributed by atoms with Crippen LogP contribution in [0.2, 0.25) is 5.02 Å². The third-order valence-electron chi connectivity index (χ3n) is 4.08. The Kier molecular flexibility index (Phi) is 5.47. The first-order valence-electron chi connectivity index (χ1n) is 7.24. The summed E-state index contributed by atoms with van der Waals surface area (Å²) in [5.74, 6) is 0.120. The molecule has 0 saturated carbocycles. The minimum Gasteiger partial charge on any atom is -0.341 e. The molecule has 2 atom stereocenters. The van der Waals surface area contributed by atoms with Gasteiger partial charge in [0.15, 0.2) is 9.84 Å². The summed E-state index contributed by atoms with van der Waals surface area (Å²) in [5, 5.41) is 3.80. The first kappa shape index (κ1) is 17.2. The van der Waals surface area contributed by atoms with E-state index in [4.69, 9.17) is 11.6 Å². The summed E-state index contributed by atoms with van der Waals surface area (Å²) < 4.78 is 23.0. The molecule has 2 rings (SSSR count). The van der Waals surface area contributed by atoms with Crippen LogP contribution in [-0.2, 0) is 14.6 Å². The van der Waals surface area contributed by atoms with Crippen molar-refractivity contribution in [2.75, 3.05) is 25.1 Å². The molecule has 1 heterocycles. The van der Waals surface area contributed by atoms with Crippen molar-refractivity contribution in [3.63, 3.8) is 0 Å². The smallest absolute Gasteiger partial charge is 0.236 e. The quantitative estimate of drug-likeness (QED) is 0.881. The number of hydrogen-bond acceptors (Lipinski definition) is 4. The highest BCUT2D eigenvalue weighted by atomic mass is 35.5. The Bertz CT molecular complexity index is 648. The van der Waals surface area contributed by atoms with Gasteiger partial charge in [0.1, 0.15) is 0 Å². The molecule has 1 aliphatic rings. The second kappa shape index (κ2) is 6.98. The lowest BCUT2D eigenvalue weighted by molar-refractivity contribution is -0.130. The van der Waals surface area contributed by atoms with Gasteiger partial charge in [-0.3, -0.25) is 4.79 Å². The first-order chi connectivity index (χ1) is 10.3. The molecule has 122 valence electrons. The molecule has 0 bridgehead atoms. The van der Waals surface area contributed by atoms with E-state index in [-0.39, 0.29) is 36.0 Å². The molecule has 7 heteroatoms. The number of carbonyl (C=O) groups is 1. The normalized spacial score (nSPS) is 21.5. The van der Waals surface area contributed by atoms with Crippen LogP contribution in [0.25, 0.3) is 0 Å². The van der Waals surface area contributed by atoms with Crippen molar-refractivity contribution in [2.45, 2.75) is 25.4 Å². The number of sulfone groups is 1. The van der Waals surface area contributed by atoms with Crippen LogP contribution in [0.5, 0.6) is 0 Å². The maximum Gasteiger partial charge on any atom is 0.236 e. The van der Waals surface area contributed by atoms with Gasteiger partial charge in [-0.15, -0.1) is 0 Å². The molecule has 22 heavy (non-hydrogen) atoms. The van der Waals surface area contributed by atoms with E-state index < -0.39 is 9.84 Å². The predicted molar refractivity (Wildman–Crippen MR) is 87.7 cm³/mol. The van der Waals surface area contributed by atoms with Gasteiger partial charge in [0.2, 0.25) is 5.91 Å². The molecular formula is C15H21ClN2O3S. The van der Waals surface area contributed by atoms with Crippen LogP contribution in [0, 0.1) is 0 Å². The molecule has 0 radical (unpaired) electrons. The highest BCUT2D eigenvalue weighted by Gasteiger charge is 2.32. The van der Waals surface area contributed by atoms with Crippen LogP contribution >= 0.6 is 11.6 Å². The van der Waals surface area contributed by atoms with Gasteiger partial charge < -0.3 is 10.2 Å². The minimum atomic E-state index is -2.99. The highest BCUT2D eigenvalue weighted by Crippen LogP contribution is 2.22. The van der Waals surface area contributed by atoms with Gasteiger partial charge in [0.25, 0.3) is 0 Å². The Morgan fingerprint density at radius 1 is 1.45 bits per heavy atom. The topological polar surface area (TPSA) is 66.5 Å². The van der Waals surface area contributed by atoms with Crippen LogP contribution in [-0.4, -0.2) is 50.4 Å². The van der Waals surface area contributed by atoms with Gasteiger partial charge in [-0.05, 0) is 25.0 Å². The Labute approximate surface area is 136 Å². The number of nitrogens with zero attached hydrogens (tertiary/aromatic N) is 1. The Hall–Kier alpha value is -1.11. The van der Waals surface area contributed by atoms with Gasteiger partial charge in [-0.1, -0.05) is 29.8 Å². The number of benzene rings is 1. The largest absolute Gasteiger partial charge is 0.341 e. The van der Waals surface area contributed by atoms with Crippen LogP contribution < -0.4 is 5.32 Å². The zero-order valence-electron chi connectivity index (χ0n) is 12.8. The van der Waals surface area contributed by atoms with E-state index in [0.29, 0.717) is 11.4 Å². The highest BCUT2D eigenvalue weighted by molar-refractivity contribution is 7.91. The average molecular weight is 345 g/mol. The Morgan fingerprint density at radius 3 is 2.73 bits per heavy atom. The molecule has 1 fully saturated rings. The third-order valence-corrected chi connectivity index (χ3v) is 6.18. The molecule has 1 aromatic rings. The van der Waals surface area contributed by atoms with Gasteiger partial charge in [0.05, 0.1) is 18.1 Å². The molecule has 1 aromatic carbocycles. The van der Waals surface area contributed by atoms with Crippen molar-refractivity contribution >= 4 is 27.3 Å². The summed E-state index contributed by atoms with van der Waals surface area (Å²) in [6.07, 6.45) is 0.518. The number of hydrogen-bond donors (Lipinski definition) is 1. The predicted octanol–water partition coefficient (Wildman–Crippen LogP) is 1.64. The maximum absolute atomic E-state index is 12.2. The summed E-state index contributed by atoms with van der Waals surface area (Å²) >= 11 is 6.13. The SMILES string of the molecule is C[C@H](NCC(=O)N(C)[C@H]1CCS(=O)(=O)C1)c1ccccc1Cl. The number of likely N-dealkylation sites (N-methyl/N-ethyl adjacent to an activating group) is 1. The summed E-state index contributed by atoms with van der Waals surface area (Å²) in [5.41, 5.74) is 0.933. The van der Waals surface area contributed by atoms with E-state index in [1.807, 2.05) is 31.2 Å². The van der Waals surface area contributed by atoms with Crippen molar-refractivity contribution < 1.29 is 13.2 Å². The number of halogens is 1. The zero-order chi connectivity index (χ0) is 16.3. The van der Waals surface area contributed by atoms with E-state index in [9.17, 15) is 13.2 Å². The Balaban J connectivity index is 1.89. The number of nitrogens with one attached hydrogen (secondary N) is 1. The van der Waals surface area contributed by atoms with Gasteiger partial charge >= 0.3 is 0 Å². The molecular weight excluding hydrogens is 324 g/mol. The molecule has 1 saturated heterocycles. The van der Waals surface area contributed by atoms with Crippen LogP contribution in [0.4, 0.5) is 0 Å². The lowest BCUT2D eigenvalue weighted by Crippen LogP contribution is -2.43. The van der Waals surface area contributed by atoms with Crippen molar-refractivity contribution in [3.8, 4) is 0 Å². The number of rotatable bonds is 5. The van der Waals surface area contributed by atoms with Crippen LogP contribution in [0.15, 0.2) is 24.3 Å². The molecule has 0 spiro atoms. The molecule has 0 unspecified atom stereocenters. The average Bonchev–Trinajstić information content (AvgIpc) is 2.84. The van der Waals surface area contributed by atoms with E-state index in [1.54, 1.807) is 7.05 Å². The van der Waals surface area contributed by atoms with Crippen LogP contribution in [0.3, 0.4) is 0 Å². The summed E-state index contributed by atoms with van der Waals surface area (Å²) in [6, 6.07) is 7.21. The second-order valence-corrected chi connectivity index (χ2v) is 8.32. The van der Waals surface area contributed by atoms with Crippen LogP contribution in [0.1, 0.15) is 24.9 Å². The standard InChI is InChI=1S/C15H21ClN2O3S/c1-11(13-5-3-4-6-14(13)16)17-9-15(19)18(2)12-7-8-22(20,21)10-12/h3-6,11-12,17H,7-10H2,1-2H3/t11-,12-/m0/s1. The minimum absolute atomic E-state index is 0.0571. The van der Waals surface area contributed by atoms with Gasteiger partial charge in [0, 0.05) is 24.2 Å². The van der Waals surface area contributed by atoms with E-state index in [1.165, 1.54) is 4.90 Å². The van der Waals surface area contributed by atoms with Gasteiger partial charge in [-0.2, -0.15) is 0 Å². The molecule has 5 nitrogen and oxygen atoms in total. The molecule has 0 aliphatic carbocycles. The van der Waals surface area contributed by atoms with Gasteiger partial charge in [-0.25, -0.2) is 8.42 Å². The molecule has 1 aliphatic heterocycles. The third kappa shape index (κ3) is 4.21. The monoisotopic (exact) mass is 344 g/mol. The van der Waals surface area contributed by atoms with Crippen molar-refractivity contribution in [3.05, 3.63) is 34.9 Å². The first-order valence-corrected chi connectivity index (χ1v) is 9.44. The summed E-state index contributed by atoms with van der Waals surface area (Å²) in [4.78, 5) is 13.7. The number of amides is 1. The van der Waals surface area contributed by atoms with E-state index in [0.717, 1.165) is 5.56 Å². The molecule has 1 amide bonds. The van der Waals surface area contributed by atoms with Crippen molar-refractivity contribution in [1.29, 1.82) is 0 Å². The molecule has 0 aromatic heterocycles. The maximum atomic E-state index is 12.2. The zero-order valence-corrected chi connectivity index (χ0v) is 14.3. The van der Waals surface area contributed by atoms with E-state index in [2.05, 4.69) is 5.32 Å². The van der Waals surface area contributed by atoms with E-state index >= 15 is 0 Å². The Morgan fingerprint density at radius 2 is 2.14 bits per heavy atom. The lowest BCUT2D eigenvalue weighted by Gasteiger charge is -2.24. The summed E-state index contributed by atoms with van der Waals surface area (Å²) in [7, 11) is -1.32. The van der Waals surface area contributed by atoms with Crippen molar-refractivity contribution in [1.82, 2.24) is 10.2 Å². The lowest BCUT2D eigenvalue weighted by atomic mass is 10.1. The fourth-order valence-electron chi connectivity index (χ4n) is 2.59.